The van der Waals surface area contributed by atoms with Gasteiger partial charge in [0.05, 0.1) is 25.9 Å². The number of rotatable bonds is 10. The highest BCUT2D eigenvalue weighted by molar-refractivity contribution is 7.54. The first-order valence-corrected chi connectivity index (χ1v) is 12.0. The smallest absolute Gasteiger partial charge is 0.412 e. The molecule has 0 unspecified atom stereocenters. The SMILES string of the molecule is CCOP(=O)(CC(=O)C[C@@H](C)C[C@@H]1CN(C(=O)OC(C)(C)C)C(C)(C)O1)OCC. The monoisotopic (exact) mass is 435 g/mol. The van der Waals surface area contributed by atoms with Crippen LogP contribution in [0.25, 0.3) is 0 Å². The van der Waals surface area contributed by atoms with Gasteiger partial charge in [-0.2, -0.15) is 0 Å². The Hall–Kier alpha value is -0.950. The number of ether oxygens (including phenoxy) is 2. The lowest BCUT2D eigenvalue weighted by atomic mass is 9.98. The van der Waals surface area contributed by atoms with E-state index in [4.69, 9.17) is 18.5 Å². The minimum atomic E-state index is -3.38. The minimum absolute atomic E-state index is 0.00131. The molecule has 0 aromatic rings. The summed E-state index contributed by atoms with van der Waals surface area (Å²) in [6.45, 7) is 15.4. The van der Waals surface area contributed by atoms with Crippen molar-refractivity contribution in [2.75, 3.05) is 25.9 Å². The van der Waals surface area contributed by atoms with Crippen LogP contribution >= 0.6 is 7.60 Å². The summed E-state index contributed by atoms with van der Waals surface area (Å²) in [6.07, 6.45) is 0.00732. The first-order valence-electron chi connectivity index (χ1n) is 10.3. The standard InChI is InChI=1S/C20H38NO7P/c1-9-25-29(24,26-10-2)14-16(22)11-15(3)12-17-13-21(20(7,8)27-17)18(23)28-19(4,5)6/h15,17H,9-14H2,1-8H3/t15-,17-/m1/s1. The van der Waals surface area contributed by atoms with Crippen LogP contribution in [-0.2, 0) is 27.9 Å². The van der Waals surface area contributed by atoms with Gasteiger partial charge in [0.1, 0.15) is 23.3 Å². The van der Waals surface area contributed by atoms with Gasteiger partial charge in [0, 0.05) is 6.42 Å². The summed E-state index contributed by atoms with van der Waals surface area (Å²) in [6, 6.07) is 0. The van der Waals surface area contributed by atoms with E-state index in [-0.39, 0.29) is 43.6 Å². The van der Waals surface area contributed by atoms with Crippen LogP contribution < -0.4 is 0 Å². The second kappa shape index (κ2) is 10.4. The van der Waals surface area contributed by atoms with E-state index in [1.165, 1.54) is 0 Å². The van der Waals surface area contributed by atoms with Crippen LogP contribution in [0.3, 0.4) is 0 Å². The average Bonchev–Trinajstić information content (AvgIpc) is 2.79. The van der Waals surface area contributed by atoms with Gasteiger partial charge < -0.3 is 18.5 Å². The van der Waals surface area contributed by atoms with Gasteiger partial charge in [-0.1, -0.05) is 6.92 Å². The quantitative estimate of drug-likeness (QED) is 0.463. The Balaban J connectivity index is 2.62. The summed E-state index contributed by atoms with van der Waals surface area (Å²) in [5, 5.41) is 0. The fourth-order valence-electron chi connectivity index (χ4n) is 3.39. The van der Waals surface area contributed by atoms with Crippen molar-refractivity contribution in [3.8, 4) is 0 Å². The number of amides is 1. The second-order valence-electron chi connectivity index (χ2n) is 8.97. The molecule has 29 heavy (non-hydrogen) atoms. The molecule has 0 radical (unpaired) electrons. The van der Waals surface area contributed by atoms with E-state index >= 15 is 0 Å². The van der Waals surface area contributed by atoms with Gasteiger partial charge in [-0.25, -0.2) is 4.79 Å². The maximum Gasteiger partial charge on any atom is 0.412 e. The summed E-state index contributed by atoms with van der Waals surface area (Å²) in [7, 11) is -3.38. The summed E-state index contributed by atoms with van der Waals surface area (Å²) in [5.41, 5.74) is -1.36. The maximum atomic E-state index is 12.5. The topological polar surface area (TPSA) is 91.4 Å². The first-order chi connectivity index (χ1) is 13.2. The van der Waals surface area contributed by atoms with Gasteiger partial charge in [-0.3, -0.25) is 14.3 Å². The lowest BCUT2D eigenvalue weighted by molar-refractivity contribution is -0.118. The van der Waals surface area contributed by atoms with Crippen molar-refractivity contribution >= 4 is 19.5 Å². The fourth-order valence-corrected chi connectivity index (χ4v) is 4.99. The zero-order valence-corrected chi connectivity index (χ0v) is 20.0. The van der Waals surface area contributed by atoms with Gasteiger partial charge in [-0.15, -0.1) is 0 Å². The molecule has 9 heteroatoms. The molecule has 1 heterocycles. The molecule has 1 amide bonds. The van der Waals surface area contributed by atoms with Crippen molar-refractivity contribution in [2.24, 2.45) is 5.92 Å². The number of ketones is 1. The molecule has 8 nitrogen and oxygen atoms in total. The summed E-state index contributed by atoms with van der Waals surface area (Å²) >= 11 is 0. The van der Waals surface area contributed by atoms with E-state index in [1.54, 1.807) is 18.7 Å². The molecule has 1 saturated heterocycles. The number of nitrogens with zero attached hydrogens (tertiary/aromatic N) is 1. The number of Topliss-reactive ketones (excluding diaryl/α,β-unsaturated/α-hetero) is 1. The molecule has 170 valence electrons. The van der Waals surface area contributed by atoms with Crippen LogP contribution in [0.5, 0.6) is 0 Å². The molecule has 0 aromatic heterocycles. The summed E-state index contributed by atoms with van der Waals surface area (Å²) in [5.74, 6) is -0.164. The fraction of sp³-hybridized carbons (Fsp3) is 0.900. The zero-order valence-electron chi connectivity index (χ0n) is 19.1. The van der Waals surface area contributed by atoms with Crippen LogP contribution in [0, 0.1) is 5.92 Å². The van der Waals surface area contributed by atoms with Crippen LogP contribution in [0.15, 0.2) is 0 Å². The Kier molecular flexibility index (Phi) is 9.34. The molecule has 1 rings (SSSR count). The zero-order chi connectivity index (χ0) is 22.5. The number of carbonyl (C=O) groups excluding carboxylic acids is 2. The van der Waals surface area contributed by atoms with Gasteiger partial charge in [0.15, 0.2) is 0 Å². The molecule has 0 N–H and O–H groups in total. The summed E-state index contributed by atoms with van der Waals surface area (Å²) < 4.78 is 34.4. The minimum Gasteiger partial charge on any atom is -0.444 e. The third kappa shape index (κ3) is 8.75. The van der Waals surface area contributed by atoms with Crippen molar-refractivity contribution in [3.63, 3.8) is 0 Å². The van der Waals surface area contributed by atoms with E-state index in [1.807, 2.05) is 41.5 Å². The first kappa shape index (κ1) is 26.1. The van der Waals surface area contributed by atoms with Crippen molar-refractivity contribution in [3.05, 3.63) is 0 Å². The van der Waals surface area contributed by atoms with Crippen LogP contribution in [-0.4, -0.2) is 60.1 Å². The van der Waals surface area contributed by atoms with Crippen LogP contribution in [0.1, 0.15) is 68.2 Å². The highest BCUT2D eigenvalue weighted by atomic mass is 31.2. The molecule has 2 atom stereocenters. The number of hydrogen-bond donors (Lipinski definition) is 0. The highest BCUT2D eigenvalue weighted by Crippen LogP contribution is 2.48. The predicted molar refractivity (Wildman–Crippen MR) is 111 cm³/mol. The van der Waals surface area contributed by atoms with E-state index in [2.05, 4.69) is 0 Å². The maximum absolute atomic E-state index is 12.5. The van der Waals surface area contributed by atoms with Crippen molar-refractivity contribution in [1.82, 2.24) is 4.90 Å². The highest BCUT2D eigenvalue weighted by Gasteiger charge is 2.44. The number of carbonyl (C=O) groups is 2. The molecule has 1 fully saturated rings. The normalized spacial score (nSPS) is 20.6. The molecule has 1 aliphatic heterocycles. The lowest BCUT2D eigenvalue weighted by Crippen LogP contribution is -2.46. The van der Waals surface area contributed by atoms with E-state index in [9.17, 15) is 14.2 Å². The van der Waals surface area contributed by atoms with E-state index < -0.39 is 25.0 Å². The molecular weight excluding hydrogens is 397 g/mol. The second-order valence-corrected chi connectivity index (χ2v) is 11.0. The van der Waals surface area contributed by atoms with Crippen LogP contribution in [0.4, 0.5) is 4.79 Å². The third-order valence-corrected chi connectivity index (χ3v) is 6.41. The predicted octanol–water partition coefficient (Wildman–Crippen LogP) is 4.61. The average molecular weight is 435 g/mol. The Morgan fingerprint density at radius 3 is 2.24 bits per heavy atom. The Morgan fingerprint density at radius 2 is 1.76 bits per heavy atom. The van der Waals surface area contributed by atoms with E-state index in [0.717, 1.165) is 0 Å². The van der Waals surface area contributed by atoms with Gasteiger partial charge in [0.25, 0.3) is 0 Å². The van der Waals surface area contributed by atoms with Crippen molar-refractivity contribution in [2.45, 2.75) is 85.7 Å². The molecule has 0 aliphatic carbocycles. The van der Waals surface area contributed by atoms with Crippen molar-refractivity contribution in [1.29, 1.82) is 0 Å². The molecular formula is C20H38NO7P. The van der Waals surface area contributed by atoms with Crippen molar-refractivity contribution < 1.29 is 32.7 Å². The Bertz CT molecular complexity index is 604. The Morgan fingerprint density at radius 1 is 1.21 bits per heavy atom. The van der Waals surface area contributed by atoms with Gasteiger partial charge in [-0.05, 0) is 60.8 Å². The Labute approximate surface area is 175 Å². The molecule has 1 aliphatic rings. The molecule has 0 spiro atoms. The molecule has 0 bridgehead atoms. The van der Waals surface area contributed by atoms with E-state index in [0.29, 0.717) is 13.0 Å². The number of hydrogen-bond acceptors (Lipinski definition) is 7. The molecule has 0 saturated carbocycles. The van der Waals surface area contributed by atoms with Gasteiger partial charge in [0.2, 0.25) is 0 Å². The van der Waals surface area contributed by atoms with Crippen LogP contribution in [0.2, 0.25) is 0 Å². The lowest BCUT2D eigenvalue weighted by Gasteiger charge is -2.31. The molecule has 0 aromatic carbocycles. The summed E-state index contributed by atoms with van der Waals surface area (Å²) in [4.78, 5) is 26.4. The van der Waals surface area contributed by atoms with Gasteiger partial charge >= 0.3 is 13.7 Å². The largest absolute Gasteiger partial charge is 0.444 e. The third-order valence-electron chi connectivity index (χ3n) is 4.37.